The monoisotopic (exact) mass is 414 g/mol. The van der Waals surface area contributed by atoms with Crippen LogP contribution in [0.4, 0.5) is 5.69 Å². The van der Waals surface area contributed by atoms with Gasteiger partial charge in [-0.1, -0.05) is 6.07 Å². The van der Waals surface area contributed by atoms with Gasteiger partial charge >= 0.3 is 0 Å². The molecule has 1 heterocycles. The number of hydrogen-bond acceptors (Lipinski definition) is 5. The second-order valence-electron chi connectivity index (χ2n) is 6.73. The molecule has 2 amide bonds. The molecule has 0 fully saturated rings. The van der Waals surface area contributed by atoms with E-state index in [-0.39, 0.29) is 23.1 Å². The second-order valence-corrected chi connectivity index (χ2v) is 8.11. The molecular weight excluding hydrogens is 388 g/mol. The maximum absolute atomic E-state index is 12.8. The number of ether oxygens (including phenoxy) is 2. The van der Waals surface area contributed by atoms with Crippen LogP contribution in [0.2, 0.25) is 0 Å². The largest absolute Gasteiger partial charge is 0.490 e. The topological polar surface area (TPSA) is 76.7 Å². The van der Waals surface area contributed by atoms with Gasteiger partial charge in [0.25, 0.3) is 5.91 Å². The minimum atomic E-state index is -0.225. The van der Waals surface area contributed by atoms with Crippen molar-refractivity contribution in [2.75, 3.05) is 18.5 Å². The molecular formula is C22H26N2O4S. The van der Waals surface area contributed by atoms with Gasteiger partial charge in [0, 0.05) is 10.5 Å². The predicted octanol–water partition coefficient (Wildman–Crippen LogP) is 4.41. The van der Waals surface area contributed by atoms with Crippen molar-refractivity contribution in [2.45, 2.75) is 43.9 Å². The smallest absolute Gasteiger partial charge is 0.251 e. The molecule has 7 heteroatoms. The number of benzene rings is 2. The number of carbonyl (C=O) groups excluding carboxylic acids is 2. The van der Waals surface area contributed by atoms with Crippen LogP contribution in [0.15, 0.2) is 41.3 Å². The summed E-state index contributed by atoms with van der Waals surface area (Å²) in [6.45, 7) is 8.70. The molecule has 154 valence electrons. The zero-order valence-corrected chi connectivity index (χ0v) is 17.9. The molecule has 1 aliphatic rings. The molecule has 6 nitrogen and oxygen atoms in total. The average Bonchev–Trinajstić information content (AvgIpc) is 2.70. The summed E-state index contributed by atoms with van der Waals surface area (Å²) in [5, 5.41) is 5.73. The lowest BCUT2D eigenvalue weighted by atomic mass is 10.1. The Hall–Kier alpha value is -2.67. The summed E-state index contributed by atoms with van der Waals surface area (Å²) in [7, 11) is 0. The van der Waals surface area contributed by atoms with Crippen LogP contribution in [0.25, 0.3) is 0 Å². The summed E-state index contributed by atoms with van der Waals surface area (Å²) >= 11 is 1.49. The number of amides is 2. The Labute approximate surface area is 175 Å². The number of rotatable bonds is 7. The molecule has 29 heavy (non-hydrogen) atoms. The molecule has 2 aromatic carbocycles. The van der Waals surface area contributed by atoms with E-state index in [1.54, 1.807) is 12.1 Å². The number of thioether (sulfide) groups is 1. The molecule has 0 saturated carbocycles. The molecule has 0 radical (unpaired) electrons. The van der Waals surface area contributed by atoms with E-state index in [2.05, 4.69) is 10.6 Å². The molecule has 0 spiro atoms. The van der Waals surface area contributed by atoms with E-state index in [0.717, 1.165) is 10.5 Å². The highest BCUT2D eigenvalue weighted by molar-refractivity contribution is 8.00. The average molecular weight is 415 g/mol. The van der Waals surface area contributed by atoms with Crippen molar-refractivity contribution in [3.05, 3.63) is 47.5 Å². The molecule has 2 unspecified atom stereocenters. The van der Waals surface area contributed by atoms with E-state index in [9.17, 15) is 9.59 Å². The van der Waals surface area contributed by atoms with E-state index < -0.39 is 0 Å². The van der Waals surface area contributed by atoms with Gasteiger partial charge in [0.2, 0.25) is 5.91 Å². The van der Waals surface area contributed by atoms with E-state index in [0.29, 0.717) is 36.0 Å². The van der Waals surface area contributed by atoms with Crippen molar-refractivity contribution < 1.29 is 19.1 Å². The first-order chi connectivity index (χ1) is 13.9. The van der Waals surface area contributed by atoms with Gasteiger partial charge in [-0.25, -0.2) is 0 Å². The Kier molecular flexibility index (Phi) is 6.69. The fourth-order valence-electron chi connectivity index (χ4n) is 3.05. The van der Waals surface area contributed by atoms with Crippen LogP contribution >= 0.6 is 11.8 Å². The first-order valence-corrected chi connectivity index (χ1v) is 10.6. The maximum atomic E-state index is 12.8. The van der Waals surface area contributed by atoms with Crippen molar-refractivity contribution >= 4 is 29.3 Å². The number of nitrogens with one attached hydrogen (secondary N) is 2. The first-order valence-electron chi connectivity index (χ1n) is 9.74. The fourth-order valence-corrected chi connectivity index (χ4v) is 3.98. The molecule has 0 aromatic heterocycles. The van der Waals surface area contributed by atoms with Gasteiger partial charge in [0.15, 0.2) is 11.5 Å². The van der Waals surface area contributed by atoms with Crippen LogP contribution in [0.3, 0.4) is 0 Å². The maximum Gasteiger partial charge on any atom is 0.251 e. The van der Waals surface area contributed by atoms with Gasteiger partial charge in [-0.15, -0.1) is 11.8 Å². The highest BCUT2D eigenvalue weighted by atomic mass is 32.2. The Morgan fingerprint density at radius 1 is 1.14 bits per heavy atom. The number of hydrogen-bond donors (Lipinski definition) is 2. The van der Waals surface area contributed by atoms with Gasteiger partial charge in [0.05, 0.1) is 30.2 Å². The minimum absolute atomic E-state index is 0.0498. The van der Waals surface area contributed by atoms with Crippen molar-refractivity contribution in [1.82, 2.24) is 5.32 Å². The summed E-state index contributed by atoms with van der Waals surface area (Å²) < 4.78 is 11.3. The third-order valence-corrected chi connectivity index (χ3v) is 5.77. The third-order valence-electron chi connectivity index (χ3n) is 4.59. The molecule has 0 bridgehead atoms. The molecule has 2 N–H and O–H groups in total. The van der Waals surface area contributed by atoms with Crippen molar-refractivity contribution in [1.29, 1.82) is 0 Å². The van der Waals surface area contributed by atoms with E-state index in [1.807, 2.05) is 52.0 Å². The van der Waals surface area contributed by atoms with Gasteiger partial charge in [-0.05, 0) is 63.6 Å². The van der Waals surface area contributed by atoms with Crippen LogP contribution < -0.4 is 20.1 Å². The lowest BCUT2D eigenvalue weighted by molar-refractivity contribution is -0.115. The third kappa shape index (κ3) is 4.85. The molecule has 0 saturated heterocycles. The van der Waals surface area contributed by atoms with Crippen LogP contribution in [0, 0.1) is 0 Å². The van der Waals surface area contributed by atoms with E-state index in [4.69, 9.17) is 9.47 Å². The molecule has 2 atom stereocenters. The summed E-state index contributed by atoms with van der Waals surface area (Å²) in [6.07, 6.45) is 0. The number of fused-ring (bicyclic) bond motifs is 1. The molecule has 1 aliphatic heterocycles. The first kappa shape index (κ1) is 21.0. The zero-order chi connectivity index (χ0) is 21.0. The quantitative estimate of drug-likeness (QED) is 0.702. The van der Waals surface area contributed by atoms with E-state index in [1.165, 1.54) is 11.8 Å². The molecule has 3 rings (SSSR count). The lowest BCUT2D eigenvalue weighted by Crippen LogP contribution is -2.28. The Morgan fingerprint density at radius 3 is 2.59 bits per heavy atom. The minimum Gasteiger partial charge on any atom is -0.490 e. The van der Waals surface area contributed by atoms with Gasteiger partial charge in [-0.3, -0.25) is 9.59 Å². The van der Waals surface area contributed by atoms with Crippen LogP contribution in [0.1, 0.15) is 49.7 Å². The summed E-state index contributed by atoms with van der Waals surface area (Å²) in [5.74, 6) is 1.10. The number of anilines is 1. The highest BCUT2D eigenvalue weighted by Crippen LogP contribution is 2.36. The summed E-state index contributed by atoms with van der Waals surface area (Å²) in [6, 6.07) is 10.8. The van der Waals surface area contributed by atoms with Crippen LogP contribution in [0.5, 0.6) is 11.5 Å². The summed E-state index contributed by atoms with van der Waals surface area (Å²) in [5.41, 5.74) is 2.10. The number of carbonyl (C=O) groups is 2. The predicted molar refractivity (Wildman–Crippen MR) is 115 cm³/mol. The van der Waals surface area contributed by atoms with Crippen LogP contribution in [-0.2, 0) is 4.79 Å². The molecule has 2 aromatic rings. The fraction of sp³-hybridized carbons (Fsp3) is 0.364. The Morgan fingerprint density at radius 2 is 1.86 bits per heavy atom. The van der Waals surface area contributed by atoms with E-state index >= 15 is 0 Å². The lowest BCUT2D eigenvalue weighted by Gasteiger charge is -2.22. The normalized spacial score (nSPS) is 16.4. The van der Waals surface area contributed by atoms with Crippen molar-refractivity contribution in [2.24, 2.45) is 0 Å². The van der Waals surface area contributed by atoms with Gasteiger partial charge < -0.3 is 20.1 Å². The van der Waals surface area contributed by atoms with Crippen LogP contribution in [-0.4, -0.2) is 30.3 Å². The molecule has 0 aliphatic carbocycles. The van der Waals surface area contributed by atoms with Gasteiger partial charge in [0.1, 0.15) is 0 Å². The zero-order valence-electron chi connectivity index (χ0n) is 17.1. The van der Waals surface area contributed by atoms with Crippen molar-refractivity contribution in [3.63, 3.8) is 0 Å². The summed E-state index contributed by atoms with van der Waals surface area (Å²) in [4.78, 5) is 25.6. The van der Waals surface area contributed by atoms with Crippen molar-refractivity contribution in [3.8, 4) is 11.5 Å². The Balaban J connectivity index is 1.74. The van der Waals surface area contributed by atoms with Gasteiger partial charge in [-0.2, -0.15) is 0 Å². The Bertz CT molecular complexity index is 916. The SMILES string of the molecule is CCOc1ccc(C(C)NC(=O)c2ccc3c(c2)NC(=O)C(C)S3)cc1OCC. The highest BCUT2D eigenvalue weighted by Gasteiger charge is 2.24. The second kappa shape index (κ2) is 9.22. The standard InChI is InChI=1S/C22H26N2O4S/c1-5-27-18-9-7-15(12-19(18)28-6-2)13(3)23-22(26)16-8-10-20-17(11-16)24-21(25)14(4)29-20/h7-14H,5-6H2,1-4H3,(H,23,26)(H,24,25).